The lowest BCUT2D eigenvalue weighted by Gasteiger charge is -2.66. The molecule has 2 N–H and O–H groups in total. The minimum atomic E-state index is -1.32. The smallest absolute Gasteiger partial charge is 0.336 e. The van der Waals surface area contributed by atoms with Crippen molar-refractivity contribution in [2.45, 2.75) is 121 Å². The maximum atomic E-state index is 12.0. The Morgan fingerprint density at radius 3 is 2.41 bits per heavy atom. The summed E-state index contributed by atoms with van der Waals surface area (Å²) in [6.45, 7) is 15.6. The molecule has 1 unspecified atom stereocenters. The highest BCUT2D eigenvalue weighted by Gasteiger charge is 2.71. The molecule has 0 aromatic carbocycles. The quantitative estimate of drug-likeness (QED) is 0.307. The Balaban J connectivity index is 1.19. The number of esters is 1. The van der Waals surface area contributed by atoms with Crippen LogP contribution >= 0.6 is 0 Å². The van der Waals surface area contributed by atoms with Crippen LogP contribution in [0.1, 0.15) is 92.4 Å². The van der Waals surface area contributed by atoms with E-state index >= 15 is 0 Å². The first-order valence-corrected chi connectivity index (χ1v) is 14.2. The van der Waals surface area contributed by atoms with Crippen molar-refractivity contribution < 1.29 is 34.0 Å². The van der Waals surface area contributed by atoms with E-state index in [1.54, 1.807) is 0 Å². The van der Waals surface area contributed by atoms with Crippen molar-refractivity contribution in [3.8, 4) is 0 Å². The molecule has 0 aromatic rings. The number of carbonyl (C=O) groups is 1. The molecule has 7 nitrogen and oxygen atoms in total. The van der Waals surface area contributed by atoms with Crippen molar-refractivity contribution in [2.75, 3.05) is 13.2 Å². The van der Waals surface area contributed by atoms with Crippen LogP contribution in [0.15, 0.2) is 23.8 Å². The second-order valence-corrected chi connectivity index (χ2v) is 13.6. The molecule has 0 aromatic heterocycles. The Morgan fingerprint density at radius 1 is 1.03 bits per heavy atom. The Kier molecular flexibility index (Phi) is 6.76. The van der Waals surface area contributed by atoms with E-state index in [4.69, 9.17) is 18.9 Å². The Bertz CT molecular complexity index is 959. The van der Waals surface area contributed by atoms with E-state index in [1.807, 2.05) is 19.9 Å². The van der Waals surface area contributed by atoms with Crippen molar-refractivity contribution >= 4 is 5.97 Å². The number of cyclic esters (lactones) is 1. The lowest BCUT2D eigenvalue weighted by Crippen LogP contribution is -2.78. The van der Waals surface area contributed by atoms with Gasteiger partial charge in [-0.05, 0) is 88.9 Å². The second-order valence-electron chi connectivity index (χ2n) is 13.6. The van der Waals surface area contributed by atoms with Crippen molar-refractivity contribution in [3.63, 3.8) is 0 Å². The van der Waals surface area contributed by atoms with Gasteiger partial charge in [0.15, 0.2) is 5.79 Å². The molecule has 5 aliphatic heterocycles. The van der Waals surface area contributed by atoms with Gasteiger partial charge in [0.2, 0.25) is 5.79 Å². The predicted octanol–water partition coefficient (Wildman–Crippen LogP) is 4.80. The molecule has 5 heterocycles. The summed E-state index contributed by atoms with van der Waals surface area (Å²) in [6.07, 6.45) is 9.09. The zero-order chi connectivity index (χ0) is 26.9. The highest BCUT2D eigenvalue weighted by molar-refractivity contribution is 5.91. The summed E-state index contributed by atoms with van der Waals surface area (Å²) in [7, 11) is 0. The number of aliphatic hydroxyl groups is 2. The van der Waals surface area contributed by atoms with E-state index in [1.165, 1.54) is 5.57 Å². The first-order valence-electron chi connectivity index (χ1n) is 14.2. The molecule has 1 aliphatic carbocycles. The van der Waals surface area contributed by atoms with Crippen LogP contribution in [0.25, 0.3) is 0 Å². The van der Waals surface area contributed by atoms with Crippen LogP contribution in [0.2, 0.25) is 0 Å². The molecular formula is C30H46O7. The molecule has 1 saturated carbocycles. The molecule has 7 heteroatoms. The molecule has 208 valence electrons. The van der Waals surface area contributed by atoms with Gasteiger partial charge >= 0.3 is 5.97 Å². The zero-order valence-electron chi connectivity index (χ0n) is 23.3. The molecule has 37 heavy (non-hydrogen) atoms. The van der Waals surface area contributed by atoms with Crippen molar-refractivity contribution in [2.24, 2.45) is 23.2 Å². The summed E-state index contributed by atoms with van der Waals surface area (Å²) < 4.78 is 24.2. The monoisotopic (exact) mass is 518 g/mol. The first-order chi connectivity index (χ1) is 17.2. The number of aliphatic hydroxyl groups excluding tert-OH is 1. The van der Waals surface area contributed by atoms with Crippen LogP contribution in [0.5, 0.6) is 0 Å². The van der Waals surface area contributed by atoms with Crippen LogP contribution in [0, 0.1) is 23.2 Å². The van der Waals surface area contributed by atoms with Gasteiger partial charge in [0.25, 0.3) is 0 Å². The van der Waals surface area contributed by atoms with Crippen LogP contribution in [0.4, 0.5) is 0 Å². The number of rotatable bonds is 5. The molecule has 6 aliphatic rings. The van der Waals surface area contributed by atoms with E-state index in [-0.39, 0.29) is 17.9 Å². The van der Waals surface area contributed by atoms with Gasteiger partial charge in [0.05, 0.1) is 12.2 Å². The van der Waals surface area contributed by atoms with Crippen LogP contribution in [-0.2, 0) is 23.7 Å². The number of fused-ring (bicyclic) bond motifs is 2. The third-order valence-electron chi connectivity index (χ3n) is 10.7. The van der Waals surface area contributed by atoms with Gasteiger partial charge in [-0.25, -0.2) is 4.79 Å². The number of hydrogen-bond acceptors (Lipinski definition) is 7. The van der Waals surface area contributed by atoms with E-state index in [2.05, 4.69) is 27.4 Å². The van der Waals surface area contributed by atoms with Gasteiger partial charge in [-0.3, -0.25) is 0 Å². The first kappa shape index (κ1) is 27.3. The van der Waals surface area contributed by atoms with Crippen molar-refractivity contribution in [3.05, 3.63) is 23.8 Å². The van der Waals surface area contributed by atoms with Crippen LogP contribution in [-0.4, -0.2) is 58.3 Å². The third kappa shape index (κ3) is 4.43. The van der Waals surface area contributed by atoms with Crippen molar-refractivity contribution in [1.29, 1.82) is 0 Å². The summed E-state index contributed by atoms with van der Waals surface area (Å²) in [6, 6.07) is 0. The molecule has 6 fully saturated rings. The lowest BCUT2D eigenvalue weighted by molar-refractivity contribution is -0.522. The summed E-state index contributed by atoms with van der Waals surface area (Å²) >= 11 is 0. The van der Waals surface area contributed by atoms with E-state index < -0.39 is 34.8 Å². The average Bonchev–Trinajstić information content (AvgIpc) is 3.13. The summed E-state index contributed by atoms with van der Waals surface area (Å²) in [5, 5.41) is 21.3. The summed E-state index contributed by atoms with van der Waals surface area (Å²) in [5.74, 6) is -1.34. The van der Waals surface area contributed by atoms with Gasteiger partial charge in [0, 0.05) is 12.8 Å². The van der Waals surface area contributed by atoms with Gasteiger partial charge in [-0.1, -0.05) is 32.1 Å². The van der Waals surface area contributed by atoms with Gasteiger partial charge < -0.3 is 29.2 Å². The fourth-order valence-corrected chi connectivity index (χ4v) is 7.82. The minimum absolute atomic E-state index is 0.0401. The Labute approximate surface area is 221 Å². The topological polar surface area (TPSA) is 94.5 Å². The summed E-state index contributed by atoms with van der Waals surface area (Å²) in [5.41, 5.74) is 0.353. The molecule has 5 saturated heterocycles. The normalized spacial score (nSPS) is 46.0. The third-order valence-corrected chi connectivity index (χ3v) is 10.7. The molecule has 1 spiro atoms. The highest BCUT2D eigenvalue weighted by Crippen LogP contribution is 2.59. The second kappa shape index (κ2) is 9.16. The Morgan fingerprint density at radius 2 is 1.78 bits per heavy atom. The van der Waals surface area contributed by atoms with Crippen molar-refractivity contribution in [1.82, 2.24) is 0 Å². The molecule has 0 amide bonds. The highest BCUT2D eigenvalue weighted by atomic mass is 16.8. The summed E-state index contributed by atoms with van der Waals surface area (Å²) in [4.78, 5) is 12.0. The number of carbonyl (C=O) groups excluding carboxylic acids is 1. The largest absolute Gasteiger partial charge is 0.459 e. The zero-order valence-corrected chi connectivity index (χ0v) is 23.3. The van der Waals surface area contributed by atoms with E-state index in [0.717, 1.165) is 44.9 Å². The number of hydrogen-bond donors (Lipinski definition) is 2. The number of ether oxygens (including phenoxy) is 4. The lowest BCUT2D eigenvalue weighted by atomic mass is 9.58. The SMILES string of the molecule is C=C1CC[C@@H](CC[C@@H]2CC[C@]3(OC2)O[C@@]2(O)CC[C@]3(C)OC2(C)C)C(C)(C)[C@H]1C/C=C1\C(=O)OCC1O. The molecule has 7 atom stereocenters. The van der Waals surface area contributed by atoms with E-state index in [9.17, 15) is 15.0 Å². The van der Waals surface area contributed by atoms with Crippen LogP contribution in [0.3, 0.4) is 0 Å². The Hall–Kier alpha value is -1.25. The maximum Gasteiger partial charge on any atom is 0.336 e. The average molecular weight is 519 g/mol. The molecule has 0 radical (unpaired) electrons. The number of allylic oxidation sites excluding steroid dienone is 2. The van der Waals surface area contributed by atoms with Gasteiger partial charge in [-0.15, -0.1) is 0 Å². The fourth-order valence-electron chi connectivity index (χ4n) is 7.82. The van der Waals surface area contributed by atoms with Crippen LogP contribution < -0.4 is 0 Å². The fraction of sp³-hybridized carbons (Fsp3) is 0.833. The maximum absolute atomic E-state index is 12.0. The molecule has 2 bridgehead atoms. The minimum Gasteiger partial charge on any atom is -0.459 e. The van der Waals surface area contributed by atoms with Gasteiger partial charge in [0.1, 0.15) is 23.9 Å². The predicted molar refractivity (Wildman–Crippen MR) is 138 cm³/mol. The van der Waals surface area contributed by atoms with Gasteiger partial charge in [-0.2, -0.15) is 0 Å². The molecular weight excluding hydrogens is 472 g/mol. The standard InChI is InChI=1S/C30H46O7/c1-19-7-9-21(26(2,3)23(19)12-11-22-24(31)18-34-25(22)32)10-8-20-13-14-30(35-17-20)28(6)15-16-29(33,37-30)27(4,5)36-28/h11,20-21,23-24,31,33H,1,7-10,12-18H2,2-6H3/b22-11-/t20-,21+,23+,24?,28+,29+,30+/m1/s1. The van der Waals surface area contributed by atoms with E-state index in [0.29, 0.717) is 36.9 Å². The molecule has 6 rings (SSSR count).